The Morgan fingerprint density at radius 2 is 2.07 bits per heavy atom. The van der Waals surface area contributed by atoms with E-state index < -0.39 is 0 Å². The van der Waals surface area contributed by atoms with Crippen molar-refractivity contribution in [3.05, 3.63) is 47.8 Å². The zero-order valence-corrected chi connectivity index (χ0v) is 17.7. The number of hydrogen-bond acceptors (Lipinski definition) is 6. The van der Waals surface area contributed by atoms with Crippen molar-refractivity contribution in [3.8, 4) is 0 Å². The van der Waals surface area contributed by atoms with Gasteiger partial charge in [0.05, 0.1) is 24.2 Å². The van der Waals surface area contributed by atoms with Gasteiger partial charge in [0.15, 0.2) is 5.82 Å². The Morgan fingerprint density at radius 1 is 1.26 bits per heavy atom. The van der Waals surface area contributed by atoms with Crippen LogP contribution in [-0.4, -0.2) is 42.0 Å². The summed E-state index contributed by atoms with van der Waals surface area (Å²) in [5.74, 6) is 0.537. The van der Waals surface area contributed by atoms with Crippen LogP contribution in [0.5, 0.6) is 0 Å². The van der Waals surface area contributed by atoms with Crippen molar-refractivity contribution in [1.29, 1.82) is 5.41 Å². The molecule has 4 rings (SSSR count). The molecule has 1 saturated heterocycles. The van der Waals surface area contributed by atoms with E-state index in [9.17, 15) is 0 Å². The number of ether oxygens (including phenoxy) is 1. The van der Waals surface area contributed by atoms with Crippen LogP contribution in [0, 0.1) is 5.41 Å². The number of morpholine rings is 1. The first-order valence-corrected chi connectivity index (χ1v) is 12.7. The lowest BCUT2D eigenvalue weighted by molar-refractivity contribution is 0.122. The van der Waals surface area contributed by atoms with Gasteiger partial charge in [0.25, 0.3) is 0 Å². The Hall–Kier alpha value is -1.90. The van der Waals surface area contributed by atoms with Crippen LogP contribution in [0.15, 0.2) is 36.4 Å². The van der Waals surface area contributed by atoms with Crippen molar-refractivity contribution in [2.45, 2.75) is 0 Å². The summed E-state index contributed by atoms with van der Waals surface area (Å²) in [5, 5.41) is 12.0. The van der Waals surface area contributed by atoms with Gasteiger partial charge in [-0.1, -0.05) is 0 Å². The third kappa shape index (κ3) is 3.88. The summed E-state index contributed by atoms with van der Waals surface area (Å²) in [5.41, 5.74) is 11.4. The molecule has 5 N–H and O–H groups in total. The van der Waals surface area contributed by atoms with Crippen LogP contribution >= 0.6 is 28.4 Å². The first-order chi connectivity index (χ1) is 13.2. The van der Waals surface area contributed by atoms with Crippen molar-refractivity contribution < 1.29 is 4.74 Å². The van der Waals surface area contributed by atoms with Gasteiger partial charge in [0.1, 0.15) is 5.71 Å². The lowest BCUT2D eigenvalue weighted by Crippen LogP contribution is -2.36. The van der Waals surface area contributed by atoms with E-state index in [0.717, 1.165) is 54.3 Å². The minimum absolute atomic E-state index is 0.323. The van der Waals surface area contributed by atoms with Crippen LogP contribution in [0.1, 0.15) is 11.4 Å². The minimum Gasteiger partial charge on any atom is -0.399 e. The van der Waals surface area contributed by atoms with Crippen molar-refractivity contribution >= 4 is 62.2 Å². The number of nitrogens with zero attached hydrogens (tertiary/aromatic N) is 2. The van der Waals surface area contributed by atoms with Crippen molar-refractivity contribution in [2.24, 2.45) is 0 Å². The Balaban J connectivity index is 1.68. The number of benzene rings is 2. The summed E-state index contributed by atoms with van der Waals surface area (Å²) >= 11 is 2.27. The molecule has 1 aromatic heterocycles. The van der Waals surface area contributed by atoms with Crippen molar-refractivity contribution in [1.82, 2.24) is 9.97 Å². The molecule has 0 bridgehead atoms. The third-order valence-electron chi connectivity index (χ3n) is 4.57. The zero-order chi connectivity index (χ0) is 18.8. The normalized spacial score (nSPS) is 14.9. The van der Waals surface area contributed by atoms with Crippen LogP contribution < -0.4 is 15.7 Å². The summed E-state index contributed by atoms with van der Waals surface area (Å²) in [6.07, 6.45) is 0.506. The maximum Gasteiger partial charge on any atom is 0.157 e. The number of aromatic nitrogens is 2. The molecule has 0 aliphatic carbocycles. The highest BCUT2D eigenvalue weighted by molar-refractivity contribution is 14.2. The SMILES string of the molecule is N=C(c1nc2ccc(N3CCOCC3)cc2[nH]1)c1cc(N)ccc1NPI. The second-order valence-electron chi connectivity index (χ2n) is 6.29. The van der Waals surface area contributed by atoms with Crippen LogP contribution in [0.3, 0.4) is 0 Å². The molecule has 0 spiro atoms. The van der Waals surface area contributed by atoms with Gasteiger partial charge in [-0.25, -0.2) is 4.98 Å². The van der Waals surface area contributed by atoms with E-state index in [1.807, 2.05) is 24.3 Å². The molecule has 1 atom stereocenters. The molecule has 2 heterocycles. The smallest absolute Gasteiger partial charge is 0.157 e. The van der Waals surface area contributed by atoms with Gasteiger partial charge in [0.2, 0.25) is 0 Å². The number of rotatable bonds is 5. The van der Waals surface area contributed by atoms with Crippen LogP contribution in [-0.2, 0) is 4.74 Å². The van der Waals surface area contributed by atoms with E-state index in [4.69, 9.17) is 15.9 Å². The maximum atomic E-state index is 8.65. The van der Waals surface area contributed by atoms with E-state index in [1.54, 1.807) is 0 Å². The molecular formula is C18H20IN6OP. The van der Waals surface area contributed by atoms with E-state index in [-0.39, 0.29) is 0 Å². The van der Waals surface area contributed by atoms with Gasteiger partial charge in [-0.3, -0.25) is 5.41 Å². The zero-order valence-electron chi connectivity index (χ0n) is 14.6. The number of anilines is 3. The fourth-order valence-electron chi connectivity index (χ4n) is 3.19. The van der Waals surface area contributed by atoms with Crippen molar-refractivity contribution in [3.63, 3.8) is 0 Å². The number of H-pyrrole nitrogens is 1. The summed E-state index contributed by atoms with van der Waals surface area (Å²) in [4.78, 5) is 10.2. The van der Waals surface area contributed by atoms with E-state index >= 15 is 0 Å². The van der Waals surface area contributed by atoms with Gasteiger partial charge >= 0.3 is 0 Å². The lowest BCUT2D eigenvalue weighted by atomic mass is 10.1. The summed E-state index contributed by atoms with van der Waals surface area (Å²) < 4.78 is 5.43. The number of aromatic amines is 1. The van der Waals surface area contributed by atoms with Crippen LogP contribution in [0.25, 0.3) is 11.0 Å². The molecule has 3 aromatic rings. The number of nitrogens with two attached hydrogens (primary N) is 1. The Kier molecular flexibility index (Phi) is 5.47. The molecule has 9 heteroatoms. The summed E-state index contributed by atoms with van der Waals surface area (Å²) in [6, 6.07) is 11.7. The highest BCUT2D eigenvalue weighted by Crippen LogP contribution is 2.30. The lowest BCUT2D eigenvalue weighted by Gasteiger charge is -2.28. The Morgan fingerprint density at radius 3 is 2.85 bits per heavy atom. The number of imidazole rings is 1. The number of hydrogen-bond donors (Lipinski definition) is 4. The number of halogens is 1. The van der Waals surface area contributed by atoms with E-state index in [2.05, 4.69) is 54.1 Å². The maximum absolute atomic E-state index is 8.65. The molecule has 1 aliphatic heterocycles. The predicted octanol–water partition coefficient (Wildman–Crippen LogP) is 3.75. The van der Waals surface area contributed by atoms with Gasteiger partial charge in [-0.05, 0) is 58.4 Å². The van der Waals surface area contributed by atoms with Gasteiger partial charge in [-0.2, -0.15) is 0 Å². The standard InChI is InChI=1S/C18H20IN6OP/c19-27-24-14-3-1-11(20)9-13(14)17(21)18-22-15-4-2-12(10-16(15)23-18)25-5-7-26-8-6-25/h1-4,9-10,21,24,27H,5-8,20H2,(H,22,23). The summed E-state index contributed by atoms with van der Waals surface area (Å²) in [6.45, 7) is 3.27. The molecule has 1 unspecified atom stereocenters. The molecule has 2 aromatic carbocycles. The number of nitrogen functional groups attached to an aromatic ring is 1. The predicted molar refractivity (Wildman–Crippen MR) is 122 cm³/mol. The van der Waals surface area contributed by atoms with E-state index in [0.29, 0.717) is 23.6 Å². The molecule has 0 amide bonds. The Bertz CT molecular complexity index is 985. The van der Waals surface area contributed by atoms with Gasteiger partial charge < -0.3 is 25.4 Å². The molecule has 140 valence electrons. The quantitative estimate of drug-likeness (QED) is 0.187. The third-order valence-corrected chi connectivity index (χ3v) is 5.75. The monoisotopic (exact) mass is 494 g/mol. The van der Waals surface area contributed by atoms with E-state index in [1.165, 1.54) is 0 Å². The molecule has 0 saturated carbocycles. The van der Waals surface area contributed by atoms with Gasteiger partial charge in [-0.15, -0.1) is 0 Å². The average molecular weight is 494 g/mol. The molecule has 1 fully saturated rings. The minimum atomic E-state index is 0.323. The fourth-order valence-corrected chi connectivity index (χ4v) is 4.38. The number of fused-ring (bicyclic) bond motifs is 1. The second kappa shape index (κ2) is 8.00. The average Bonchev–Trinajstić information content (AvgIpc) is 3.13. The van der Waals surface area contributed by atoms with Crippen LogP contribution in [0.4, 0.5) is 17.1 Å². The highest BCUT2D eigenvalue weighted by atomic mass is 127. The molecule has 27 heavy (non-hydrogen) atoms. The Labute approximate surface area is 171 Å². The highest BCUT2D eigenvalue weighted by Gasteiger charge is 2.16. The molecule has 0 radical (unpaired) electrons. The fraction of sp³-hybridized carbons (Fsp3) is 0.222. The molecule has 1 aliphatic rings. The molecule has 7 nitrogen and oxygen atoms in total. The topological polar surface area (TPSA) is 103 Å². The largest absolute Gasteiger partial charge is 0.399 e. The second-order valence-corrected chi connectivity index (χ2v) is 8.34. The van der Waals surface area contributed by atoms with Gasteiger partial charge in [0, 0.05) is 42.1 Å². The number of nitrogens with one attached hydrogen (secondary N) is 3. The van der Waals surface area contributed by atoms with Crippen LogP contribution in [0.2, 0.25) is 0 Å². The first kappa shape index (κ1) is 18.5. The summed E-state index contributed by atoms with van der Waals surface area (Å²) in [7, 11) is 0. The molecular weight excluding hydrogens is 474 g/mol. The first-order valence-electron chi connectivity index (χ1n) is 8.58. The van der Waals surface area contributed by atoms with Crippen molar-refractivity contribution in [2.75, 3.05) is 42.0 Å².